The SMILES string of the molecule is CC(C)CCc1ccc(BOC(C)(C)C(C)(C)O)cc1. The molecular weight excluding hydrogens is 247 g/mol. The van der Waals surface area contributed by atoms with Gasteiger partial charge in [-0.1, -0.05) is 43.6 Å². The van der Waals surface area contributed by atoms with Gasteiger partial charge >= 0.3 is 7.48 Å². The number of hydrogen-bond donors (Lipinski definition) is 1. The van der Waals surface area contributed by atoms with Gasteiger partial charge in [-0.3, -0.25) is 0 Å². The standard InChI is InChI=1S/C17H29BO2/c1-13(2)7-8-14-9-11-15(12-10-14)18-20-17(5,6)16(3,4)19/h9-13,18-19H,7-8H2,1-6H3. The van der Waals surface area contributed by atoms with Crippen molar-refractivity contribution in [2.75, 3.05) is 0 Å². The molecule has 0 saturated heterocycles. The molecule has 0 atom stereocenters. The van der Waals surface area contributed by atoms with Crippen LogP contribution in [0.15, 0.2) is 24.3 Å². The molecule has 1 N–H and O–H groups in total. The van der Waals surface area contributed by atoms with Gasteiger partial charge in [-0.15, -0.1) is 0 Å². The summed E-state index contributed by atoms with van der Waals surface area (Å²) in [4.78, 5) is 0. The van der Waals surface area contributed by atoms with Gasteiger partial charge in [0.1, 0.15) is 0 Å². The van der Waals surface area contributed by atoms with Gasteiger partial charge in [0.25, 0.3) is 0 Å². The van der Waals surface area contributed by atoms with E-state index >= 15 is 0 Å². The van der Waals surface area contributed by atoms with Crippen molar-refractivity contribution in [2.45, 2.75) is 65.6 Å². The average Bonchev–Trinajstić information content (AvgIpc) is 2.34. The van der Waals surface area contributed by atoms with Crippen molar-refractivity contribution in [1.29, 1.82) is 0 Å². The Morgan fingerprint density at radius 2 is 1.65 bits per heavy atom. The molecule has 1 rings (SSSR count). The second kappa shape index (κ2) is 6.77. The van der Waals surface area contributed by atoms with Crippen LogP contribution in [0, 0.1) is 5.92 Å². The van der Waals surface area contributed by atoms with Gasteiger partial charge < -0.3 is 9.76 Å². The van der Waals surface area contributed by atoms with E-state index in [4.69, 9.17) is 4.65 Å². The van der Waals surface area contributed by atoms with E-state index < -0.39 is 11.2 Å². The zero-order valence-corrected chi connectivity index (χ0v) is 13.9. The Hall–Kier alpha value is -0.795. The second-order valence-corrected chi connectivity index (χ2v) is 7.11. The fourth-order valence-electron chi connectivity index (χ4n) is 1.70. The summed E-state index contributed by atoms with van der Waals surface area (Å²) in [6, 6.07) is 8.60. The van der Waals surface area contributed by atoms with Crippen LogP contribution in [0.2, 0.25) is 0 Å². The summed E-state index contributed by atoms with van der Waals surface area (Å²) in [5, 5.41) is 10.1. The number of benzene rings is 1. The molecule has 0 saturated carbocycles. The lowest BCUT2D eigenvalue weighted by molar-refractivity contribution is -0.0893. The molecule has 0 aliphatic rings. The Kier molecular flexibility index (Phi) is 5.84. The molecule has 1 aromatic carbocycles. The van der Waals surface area contributed by atoms with Crippen LogP contribution in [0.5, 0.6) is 0 Å². The molecule has 0 heterocycles. The lowest BCUT2D eigenvalue weighted by atomic mass is 9.82. The molecule has 0 aromatic heterocycles. The molecule has 0 fully saturated rings. The summed E-state index contributed by atoms with van der Waals surface area (Å²) in [6.45, 7) is 11.9. The van der Waals surface area contributed by atoms with Crippen molar-refractivity contribution >= 4 is 12.9 Å². The number of rotatable bonds is 7. The molecule has 0 spiro atoms. The van der Waals surface area contributed by atoms with Gasteiger partial charge in [-0.25, -0.2) is 0 Å². The number of aliphatic hydroxyl groups is 1. The van der Waals surface area contributed by atoms with E-state index in [9.17, 15) is 5.11 Å². The van der Waals surface area contributed by atoms with Gasteiger partial charge in [0.05, 0.1) is 11.2 Å². The van der Waals surface area contributed by atoms with Crippen LogP contribution in [-0.2, 0) is 11.1 Å². The van der Waals surface area contributed by atoms with Gasteiger partial charge in [-0.2, -0.15) is 0 Å². The highest BCUT2D eigenvalue weighted by molar-refractivity contribution is 6.47. The molecule has 0 bridgehead atoms. The minimum atomic E-state index is -0.857. The third kappa shape index (κ3) is 5.30. The van der Waals surface area contributed by atoms with Crippen LogP contribution in [0.3, 0.4) is 0 Å². The van der Waals surface area contributed by atoms with E-state index in [1.54, 1.807) is 13.8 Å². The molecule has 112 valence electrons. The predicted octanol–water partition coefficient (Wildman–Crippen LogP) is 2.82. The van der Waals surface area contributed by atoms with E-state index in [1.807, 2.05) is 13.8 Å². The zero-order chi connectivity index (χ0) is 15.4. The maximum absolute atomic E-state index is 10.1. The van der Waals surface area contributed by atoms with E-state index in [1.165, 1.54) is 12.0 Å². The topological polar surface area (TPSA) is 29.5 Å². The summed E-state index contributed by atoms with van der Waals surface area (Å²) >= 11 is 0. The first-order chi connectivity index (χ1) is 9.12. The Balaban J connectivity index is 2.54. The molecule has 0 amide bonds. The van der Waals surface area contributed by atoms with Crippen LogP contribution in [0.1, 0.15) is 53.5 Å². The molecule has 1 aromatic rings. The van der Waals surface area contributed by atoms with E-state index in [2.05, 4.69) is 38.1 Å². The van der Waals surface area contributed by atoms with E-state index in [-0.39, 0.29) is 0 Å². The fourth-order valence-corrected chi connectivity index (χ4v) is 1.70. The lowest BCUT2D eigenvalue weighted by Gasteiger charge is -2.37. The Morgan fingerprint density at radius 3 is 2.10 bits per heavy atom. The third-order valence-electron chi connectivity index (χ3n) is 4.11. The maximum Gasteiger partial charge on any atom is 0.309 e. The quantitative estimate of drug-likeness (QED) is 0.776. The highest BCUT2D eigenvalue weighted by Crippen LogP contribution is 2.24. The monoisotopic (exact) mass is 276 g/mol. The molecule has 20 heavy (non-hydrogen) atoms. The average molecular weight is 276 g/mol. The van der Waals surface area contributed by atoms with Crippen LogP contribution < -0.4 is 5.46 Å². The highest BCUT2D eigenvalue weighted by Gasteiger charge is 2.35. The fraction of sp³-hybridized carbons (Fsp3) is 0.647. The summed E-state index contributed by atoms with van der Waals surface area (Å²) in [7, 11) is 0.529. The number of hydrogen-bond acceptors (Lipinski definition) is 2. The largest absolute Gasteiger partial charge is 0.427 e. The molecule has 0 aliphatic heterocycles. The Morgan fingerprint density at radius 1 is 1.10 bits per heavy atom. The predicted molar refractivity (Wildman–Crippen MR) is 87.8 cm³/mol. The summed E-state index contributed by atoms with van der Waals surface area (Å²) in [6.07, 6.45) is 2.36. The van der Waals surface area contributed by atoms with Crippen molar-refractivity contribution in [2.24, 2.45) is 5.92 Å². The highest BCUT2D eigenvalue weighted by atomic mass is 16.5. The first-order valence-corrected chi connectivity index (χ1v) is 7.56. The minimum absolute atomic E-state index is 0.529. The number of aryl methyl sites for hydroxylation is 1. The van der Waals surface area contributed by atoms with Crippen molar-refractivity contribution < 1.29 is 9.76 Å². The van der Waals surface area contributed by atoms with Crippen molar-refractivity contribution in [3.8, 4) is 0 Å². The van der Waals surface area contributed by atoms with Crippen molar-refractivity contribution in [3.63, 3.8) is 0 Å². The molecule has 3 heteroatoms. The third-order valence-corrected chi connectivity index (χ3v) is 4.11. The molecule has 2 nitrogen and oxygen atoms in total. The van der Waals surface area contributed by atoms with Crippen LogP contribution >= 0.6 is 0 Å². The second-order valence-electron chi connectivity index (χ2n) is 7.11. The van der Waals surface area contributed by atoms with Gasteiger partial charge in [0.2, 0.25) is 0 Å². The first kappa shape index (κ1) is 17.3. The molecule has 0 unspecified atom stereocenters. The summed E-state index contributed by atoms with van der Waals surface area (Å²) < 4.78 is 5.87. The van der Waals surface area contributed by atoms with Crippen LogP contribution in [-0.4, -0.2) is 23.8 Å². The van der Waals surface area contributed by atoms with E-state index in [0.717, 1.165) is 17.8 Å². The zero-order valence-electron chi connectivity index (χ0n) is 13.9. The normalized spacial score (nSPS) is 12.8. The Bertz CT molecular complexity index is 402. The van der Waals surface area contributed by atoms with Gasteiger partial charge in [-0.05, 0) is 52.0 Å². The maximum atomic E-state index is 10.1. The molecule has 0 radical (unpaired) electrons. The van der Waals surface area contributed by atoms with Gasteiger partial charge in [0.15, 0.2) is 0 Å². The Labute approximate surface area is 124 Å². The molecular formula is C17H29BO2. The van der Waals surface area contributed by atoms with Crippen LogP contribution in [0.25, 0.3) is 0 Å². The molecule has 0 aliphatic carbocycles. The first-order valence-electron chi connectivity index (χ1n) is 7.56. The lowest BCUT2D eigenvalue weighted by Crippen LogP contribution is -2.49. The van der Waals surface area contributed by atoms with Crippen molar-refractivity contribution in [3.05, 3.63) is 29.8 Å². The smallest absolute Gasteiger partial charge is 0.309 e. The van der Waals surface area contributed by atoms with E-state index in [0.29, 0.717) is 7.48 Å². The summed E-state index contributed by atoms with van der Waals surface area (Å²) in [5.41, 5.74) is 1.10. The van der Waals surface area contributed by atoms with Crippen molar-refractivity contribution in [1.82, 2.24) is 0 Å². The van der Waals surface area contributed by atoms with Crippen LogP contribution in [0.4, 0.5) is 0 Å². The summed E-state index contributed by atoms with van der Waals surface area (Å²) in [5.74, 6) is 0.741. The minimum Gasteiger partial charge on any atom is -0.427 e. The van der Waals surface area contributed by atoms with Gasteiger partial charge in [0, 0.05) is 0 Å².